The zero-order valence-electron chi connectivity index (χ0n) is 16.4. The van der Waals surface area contributed by atoms with Gasteiger partial charge in [-0.05, 0) is 48.9 Å². The summed E-state index contributed by atoms with van der Waals surface area (Å²) in [4.78, 5) is 29.5. The minimum Gasteiger partial charge on any atom is -0.491 e. The highest BCUT2D eigenvalue weighted by Crippen LogP contribution is 2.30. The van der Waals surface area contributed by atoms with Crippen molar-refractivity contribution in [2.45, 2.75) is 13.3 Å². The van der Waals surface area contributed by atoms with Crippen LogP contribution in [-0.4, -0.2) is 49.5 Å². The first kappa shape index (κ1) is 19.6. The molecule has 1 N–H and O–H groups in total. The normalized spacial score (nSPS) is 19.1. The third-order valence-electron chi connectivity index (χ3n) is 5.45. The van der Waals surface area contributed by atoms with E-state index in [0.717, 1.165) is 24.3 Å². The van der Waals surface area contributed by atoms with Gasteiger partial charge < -0.3 is 19.9 Å². The van der Waals surface area contributed by atoms with Crippen LogP contribution in [0.3, 0.4) is 0 Å². The van der Waals surface area contributed by atoms with Gasteiger partial charge in [-0.3, -0.25) is 9.59 Å². The van der Waals surface area contributed by atoms with Crippen molar-refractivity contribution in [3.63, 3.8) is 0 Å². The molecule has 4 rings (SSSR count). The molecule has 2 aliphatic heterocycles. The maximum Gasteiger partial charge on any atom is 0.231 e. The molecule has 0 spiro atoms. The molecule has 0 aliphatic carbocycles. The fraction of sp³-hybridized carbons (Fsp3) is 0.364. The first-order chi connectivity index (χ1) is 14.0. The van der Waals surface area contributed by atoms with E-state index in [1.165, 1.54) is 0 Å². The van der Waals surface area contributed by atoms with Crippen LogP contribution in [-0.2, 0) is 9.59 Å². The molecule has 2 aromatic carbocycles. The molecule has 6 nitrogen and oxygen atoms in total. The molecule has 0 aromatic heterocycles. The monoisotopic (exact) mass is 413 g/mol. The Morgan fingerprint density at radius 3 is 2.59 bits per heavy atom. The molecule has 1 unspecified atom stereocenters. The van der Waals surface area contributed by atoms with E-state index in [1.807, 2.05) is 54.3 Å². The molecule has 1 fully saturated rings. The number of nitrogens with one attached hydrogen (secondary N) is 1. The third-order valence-corrected chi connectivity index (χ3v) is 5.70. The Hall–Kier alpha value is -2.73. The number of carbonyl (C=O) groups excluding carboxylic acids is 2. The standard InChI is InChI=1S/C22H24ClN3O3/c1-15-2-7-20-19(12-15)24-22(28)16(14-29-20)13-21(27)26-10-8-25(9-11-26)18-5-3-17(23)4-6-18/h2-7,12,16H,8-11,13-14H2,1H3,(H,24,28). The van der Waals surface area contributed by atoms with Crippen LogP contribution >= 0.6 is 11.6 Å². The summed E-state index contributed by atoms with van der Waals surface area (Å²) in [6.45, 7) is 4.95. The molecular weight excluding hydrogens is 390 g/mol. The Labute approximate surface area is 175 Å². The molecule has 152 valence electrons. The van der Waals surface area contributed by atoms with E-state index < -0.39 is 5.92 Å². The predicted molar refractivity (Wildman–Crippen MR) is 114 cm³/mol. The molecule has 0 bridgehead atoms. The molecule has 0 radical (unpaired) electrons. The minimum absolute atomic E-state index is 0.00774. The van der Waals surface area contributed by atoms with E-state index in [-0.39, 0.29) is 24.8 Å². The van der Waals surface area contributed by atoms with Gasteiger partial charge in [0.15, 0.2) is 0 Å². The molecule has 2 aliphatic rings. The maximum atomic E-state index is 12.8. The molecular formula is C22H24ClN3O3. The topological polar surface area (TPSA) is 61.9 Å². The molecule has 2 heterocycles. The first-order valence-corrected chi connectivity index (χ1v) is 10.2. The van der Waals surface area contributed by atoms with Crippen molar-refractivity contribution in [3.8, 4) is 5.75 Å². The summed E-state index contributed by atoms with van der Waals surface area (Å²) >= 11 is 5.95. The predicted octanol–water partition coefficient (Wildman–Crippen LogP) is 3.33. The highest BCUT2D eigenvalue weighted by atomic mass is 35.5. The van der Waals surface area contributed by atoms with E-state index >= 15 is 0 Å². The summed E-state index contributed by atoms with van der Waals surface area (Å²) in [6, 6.07) is 13.4. The van der Waals surface area contributed by atoms with Crippen LogP contribution in [0.15, 0.2) is 42.5 Å². The Balaban J connectivity index is 1.33. The SMILES string of the molecule is Cc1ccc2c(c1)NC(=O)C(CC(=O)N1CCN(c3ccc(Cl)cc3)CC1)CO2. The summed E-state index contributed by atoms with van der Waals surface area (Å²) in [6.07, 6.45) is 0.153. The van der Waals surface area contributed by atoms with Crippen molar-refractivity contribution in [2.75, 3.05) is 43.0 Å². The van der Waals surface area contributed by atoms with Gasteiger partial charge in [0.05, 0.1) is 11.6 Å². The number of halogens is 1. The van der Waals surface area contributed by atoms with Gasteiger partial charge in [-0.1, -0.05) is 17.7 Å². The second kappa shape index (κ2) is 8.33. The van der Waals surface area contributed by atoms with E-state index in [9.17, 15) is 9.59 Å². The number of aryl methyl sites for hydroxylation is 1. The Bertz CT molecular complexity index is 908. The van der Waals surface area contributed by atoms with Gasteiger partial charge in [0.25, 0.3) is 0 Å². The Morgan fingerprint density at radius 1 is 1.14 bits per heavy atom. The lowest BCUT2D eigenvalue weighted by Crippen LogP contribution is -2.49. The van der Waals surface area contributed by atoms with E-state index in [4.69, 9.17) is 16.3 Å². The average Bonchev–Trinajstić information content (AvgIpc) is 2.87. The minimum atomic E-state index is -0.496. The highest BCUT2D eigenvalue weighted by Gasteiger charge is 2.30. The zero-order valence-corrected chi connectivity index (χ0v) is 17.1. The zero-order chi connectivity index (χ0) is 20.4. The molecule has 1 atom stereocenters. The van der Waals surface area contributed by atoms with Crippen molar-refractivity contribution in [1.82, 2.24) is 4.90 Å². The van der Waals surface area contributed by atoms with Crippen LogP contribution in [0.25, 0.3) is 0 Å². The number of hydrogen-bond donors (Lipinski definition) is 1. The van der Waals surface area contributed by atoms with Crippen LogP contribution in [0.1, 0.15) is 12.0 Å². The van der Waals surface area contributed by atoms with Crippen LogP contribution in [0.5, 0.6) is 5.75 Å². The molecule has 29 heavy (non-hydrogen) atoms. The van der Waals surface area contributed by atoms with Gasteiger partial charge in [-0.15, -0.1) is 0 Å². The van der Waals surface area contributed by atoms with Crippen molar-refractivity contribution >= 4 is 34.8 Å². The molecule has 2 aromatic rings. The maximum absolute atomic E-state index is 12.8. The fourth-order valence-electron chi connectivity index (χ4n) is 3.73. The lowest BCUT2D eigenvalue weighted by molar-refractivity contribution is -0.135. The van der Waals surface area contributed by atoms with Gasteiger partial charge in [0, 0.05) is 43.3 Å². The quantitative estimate of drug-likeness (QED) is 0.838. The third kappa shape index (κ3) is 4.48. The number of rotatable bonds is 3. The second-order valence-electron chi connectivity index (χ2n) is 7.55. The van der Waals surface area contributed by atoms with Crippen LogP contribution in [0.4, 0.5) is 11.4 Å². The van der Waals surface area contributed by atoms with Gasteiger partial charge in [0.2, 0.25) is 11.8 Å². The Kier molecular flexibility index (Phi) is 5.62. The smallest absolute Gasteiger partial charge is 0.231 e. The van der Waals surface area contributed by atoms with Gasteiger partial charge in [-0.25, -0.2) is 0 Å². The first-order valence-electron chi connectivity index (χ1n) is 9.82. The van der Waals surface area contributed by atoms with Crippen molar-refractivity contribution in [1.29, 1.82) is 0 Å². The molecule has 7 heteroatoms. The number of hydrogen-bond acceptors (Lipinski definition) is 4. The number of amides is 2. The van der Waals surface area contributed by atoms with E-state index in [2.05, 4.69) is 10.2 Å². The van der Waals surface area contributed by atoms with E-state index in [0.29, 0.717) is 29.5 Å². The number of piperazine rings is 1. The van der Waals surface area contributed by atoms with Crippen LogP contribution < -0.4 is 15.0 Å². The van der Waals surface area contributed by atoms with E-state index in [1.54, 1.807) is 0 Å². The summed E-state index contributed by atoms with van der Waals surface area (Å²) in [5.74, 6) is -0.0193. The number of carbonyl (C=O) groups is 2. The summed E-state index contributed by atoms with van der Waals surface area (Å²) in [5, 5.41) is 3.61. The van der Waals surface area contributed by atoms with Crippen molar-refractivity contribution in [3.05, 3.63) is 53.1 Å². The van der Waals surface area contributed by atoms with Crippen LogP contribution in [0, 0.1) is 12.8 Å². The number of benzene rings is 2. The molecule has 1 saturated heterocycles. The van der Waals surface area contributed by atoms with Gasteiger partial charge in [-0.2, -0.15) is 0 Å². The van der Waals surface area contributed by atoms with Crippen molar-refractivity contribution in [2.24, 2.45) is 5.92 Å². The number of ether oxygens (including phenoxy) is 1. The van der Waals surface area contributed by atoms with Gasteiger partial charge >= 0.3 is 0 Å². The summed E-state index contributed by atoms with van der Waals surface area (Å²) < 4.78 is 5.79. The lowest BCUT2D eigenvalue weighted by Gasteiger charge is -2.36. The van der Waals surface area contributed by atoms with Crippen LogP contribution in [0.2, 0.25) is 5.02 Å². The average molecular weight is 414 g/mol. The Morgan fingerprint density at radius 2 is 1.86 bits per heavy atom. The number of anilines is 2. The van der Waals surface area contributed by atoms with Gasteiger partial charge in [0.1, 0.15) is 12.4 Å². The number of nitrogens with zero attached hydrogens (tertiary/aromatic N) is 2. The second-order valence-corrected chi connectivity index (χ2v) is 7.98. The highest BCUT2D eigenvalue weighted by molar-refractivity contribution is 6.30. The largest absolute Gasteiger partial charge is 0.491 e. The number of fused-ring (bicyclic) bond motifs is 1. The fourth-order valence-corrected chi connectivity index (χ4v) is 3.85. The summed E-state index contributed by atoms with van der Waals surface area (Å²) in [5.41, 5.74) is 2.81. The summed E-state index contributed by atoms with van der Waals surface area (Å²) in [7, 11) is 0. The molecule has 0 saturated carbocycles. The lowest BCUT2D eigenvalue weighted by atomic mass is 10.0. The van der Waals surface area contributed by atoms with Crippen molar-refractivity contribution < 1.29 is 14.3 Å². The molecule has 2 amide bonds.